The van der Waals surface area contributed by atoms with Crippen LogP contribution in [0.2, 0.25) is 0 Å². The molecular formula is C15H19ClN2. The van der Waals surface area contributed by atoms with Gasteiger partial charge >= 0.3 is 0 Å². The standard InChI is InChI=1S/C15H19ClN2/c1-12-5-3-4-6-15(12)13(11-16)7-8-14-9-10-17-18(14)2/h3-6,9-10,13H,7-8,11H2,1-2H3. The van der Waals surface area contributed by atoms with Gasteiger partial charge < -0.3 is 0 Å². The number of benzene rings is 1. The van der Waals surface area contributed by atoms with Crippen LogP contribution in [-0.4, -0.2) is 15.7 Å². The minimum absolute atomic E-state index is 0.419. The number of alkyl halides is 1. The molecule has 0 aliphatic heterocycles. The highest BCUT2D eigenvalue weighted by atomic mass is 35.5. The van der Waals surface area contributed by atoms with Gasteiger partial charge in [-0.2, -0.15) is 5.10 Å². The molecule has 2 rings (SSSR count). The molecule has 0 bridgehead atoms. The normalized spacial score (nSPS) is 12.6. The van der Waals surface area contributed by atoms with E-state index in [4.69, 9.17) is 11.6 Å². The van der Waals surface area contributed by atoms with Crippen molar-refractivity contribution in [3.63, 3.8) is 0 Å². The van der Waals surface area contributed by atoms with Crippen molar-refractivity contribution in [2.24, 2.45) is 7.05 Å². The zero-order valence-corrected chi connectivity index (χ0v) is 11.7. The topological polar surface area (TPSA) is 17.8 Å². The quantitative estimate of drug-likeness (QED) is 0.752. The highest BCUT2D eigenvalue weighted by Crippen LogP contribution is 2.25. The highest BCUT2D eigenvalue weighted by Gasteiger charge is 2.13. The molecule has 3 heteroatoms. The molecule has 0 aliphatic rings. The molecule has 1 atom stereocenters. The van der Waals surface area contributed by atoms with Crippen LogP contribution in [0.1, 0.15) is 29.2 Å². The first-order chi connectivity index (χ1) is 8.72. The summed E-state index contributed by atoms with van der Waals surface area (Å²) in [5, 5.41) is 4.19. The molecule has 1 unspecified atom stereocenters. The smallest absolute Gasteiger partial charge is 0.0492 e. The Balaban J connectivity index is 2.07. The third-order valence-corrected chi connectivity index (χ3v) is 3.86. The first-order valence-corrected chi connectivity index (χ1v) is 6.84. The molecule has 0 N–H and O–H groups in total. The summed E-state index contributed by atoms with van der Waals surface area (Å²) < 4.78 is 1.93. The van der Waals surface area contributed by atoms with Crippen LogP contribution in [0.5, 0.6) is 0 Å². The number of aromatic nitrogens is 2. The van der Waals surface area contributed by atoms with Crippen molar-refractivity contribution >= 4 is 11.6 Å². The number of hydrogen-bond donors (Lipinski definition) is 0. The molecule has 0 saturated carbocycles. The van der Waals surface area contributed by atoms with E-state index < -0.39 is 0 Å². The second kappa shape index (κ2) is 6.05. The summed E-state index contributed by atoms with van der Waals surface area (Å²) in [6, 6.07) is 10.6. The molecule has 0 spiro atoms. The number of nitrogens with zero attached hydrogens (tertiary/aromatic N) is 2. The van der Waals surface area contributed by atoms with Crippen LogP contribution in [0.25, 0.3) is 0 Å². The Labute approximate surface area is 114 Å². The SMILES string of the molecule is Cc1ccccc1C(CCl)CCc1ccnn1C. The minimum atomic E-state index is 0.419. The summed E-state index contributed by atoms with van der Waals surface area (Å²) in [5.41, 5.74) is 3.96. The fraction of sp³-hybridized carbons (Fsp3) is 0.400. The van der Waals surface area contributed by atoms with Crippen molar-refractivity contribution in [1.29, 1.82) is 0 Å². The molecule has 18 heavy (non-hydrogen) atoms. The van der Waals surface area contributed by atoms with E-state index in [0.29, 0.717) is 11.8 Å². The van der Waals surface area contributed by atoms with Gasteiger partial charge in [-0.15, -0.1) is 11.6 Å². The third kappa shape index (κ3) is 2.94. The van der Waals surface area contributed by atoms with Crippen LogP contribution in [0, 0.1) is 6.92 Å². The lowest BCUT2D eigenvalue weighted by Crippen LogP contribution is -2.06. The molecule has 0 aliphatic carbocycles. The number of hydrogen-bond acceptors (Lipinski definition) is 1. The van der Waals surface area contributed by atoms with Gasteiger partial charge in [0.15, 0.2) is 0 Å². The lowest BCUT2D eigenvalue weighted by molar-refractivity contribution is 0.632. The summed E-state index contributed by atoms with van der Waals surface area (Å²) in [4.78, 5) is 0. The minimum Gasteiger partial charge on any atom is -0.273 e. The van der Waals surface area contributed by atoms with Crippen LogP contribution in [0.3, 0.4) is 0 Å². The average molecular weight is 263 g/mol. The second-order valence-electron chi connectivity index (χ2n) is 4.69. The van der Waals surface area contributed by atoms with Gasteiger partial charge in [0.1, 0.15) is 0 Å². The van der Waals surface area contributed by atoms with Gasteiger partial charge in [0.2, 0.25) is 0 Å². The van der Waals surface area contributed by atoms with Gasteiger partial charge in [0.25, 0.3) is 0 Å². The van der Waals surface area contributed by atoms with Crippen molar-refractivity contribution in [3.05, 3.63) is 53.3 Å². The van der Waals surface area contributed by atoms with Crippen molar-refractivity contribution in [2.75, 3.05) is 5.88 Å². The van der Waals surface area contributed by atoms with E-state index in [0.717, 1.165) is 12.8 Å². The van der Waals surface area contributed by atoms with Gasteiger partial charge in [-0.25, -0.2) is 0 Å². The summed E-state index contributed by atoms with van der Waals surface area (Å²) >= 11 is 6.13. The maximum atomic E-state index is 6.13. The van der Waals surface area contributed by atoms with E-state index in [-0.39, 0.29) is 0 Å². The maximum absolute atomic E-state index is 6.13. The lowest BCUT2D eigenvalue weighted by atomic mass is 9.92. The Morgan fingerprint density at radius 3 is 2.67 bits per heavy atom. The van der Waals surface area contributed by atoms with E-state index in [1.165, 1.54) is 16.8 Å². The fourth-order valence-electron chi connectivity index (χ4n) is 2.33. The zero-order chi connectivity index (χ0) is 13.0. The predicted octanol–water partition coefficient (Wildman–Crippen LogP) is 3.68. The number of aryl methyl sites for hydroxylation is 3. The predicted molar refractivity (Wildman–Crippen MR) is 76.2 cm³/mol. The monoisotopic (exact) mass is 262 g/mol. The van der Waals surface area contributed by atoms with Crippen molar-refractivity contribution in [1.82, 2.24) is 9.78 Å². The van der Waals surface area contributed by atoms with Crippen molar-refractivity contribution in [2.45, 2.75) is 25.7 Å². The fourth-order valence-corrected chi connectivity index (χ4v) is 2.65. The molecule has 1 aromatic carbocycles. The summed E-state index contributed by atoms with van der Waals surface area (Å²) in [7, 11) is 1.98. The molecule has 0 radical (unpaired) electrons. The van der Waals surface area contributed by atoms with Crippen molar-refractivity contribution < 1.29 is 0 Å². The van der Waals surface area contributed by atoms with Crippen LogP contribution in [0.4, 0.5) is 0 Å². The van der Waals surface area contributed by atoms with Crippen LogP contribution < -0.4 is 0 Å². The molecule has 1 heterocycles. The maximum Gasteiger partial charge on any atom is 0.0492 e. The summed E-state index contributed by atoms with van der Waals surface area (Å²) in [5.74, 6) is 1.09. The molecule has 0 fully saturated rings. The zero-order valence-electron chi connectivity index (χ0n) is 10.9. The molecule has 0 saturated heterocycles. The van der Waals surface area contributed by atoms with Crippen LogP contribution in [0.15, 0.2) is 36.5 Å². The molecule has 96 valence electrons. The first-order valence-electron chi connectivity index (χ1n) is 6.30. The average Bonchev–Trinajstić information content (AvgIpc) is 2.78. The number of rotatable bonds is 5. The number of halogens is 1. The van der Waals surface area contributed by atoms with E-state index in [2.05, 4.69) is 42.4 Å². The van der Waals surface area contributed by atoms with E-state index in [1.54, 1.807) is 0 Å². The van der Waals surface area contributed by atoms with E-state index in [9.17, 15) is 0 Å². The Morgan fingerprint density at radius 1 is 1.28 bits per heavy atom. The molecule has 0 amide bonds. The van der Waals surface area contributed by atoms with Gasteiger partial charge in [0, 0.05) is 24.8 Å². The van der Waals surface area contributed by atoms with Crippen molar-refractivity contribution in [3.8, 4) is 0 Å². The lowest BCUT2D eigenvalue weighted by Gasteiger charge is -2.16. The molecular weight excluding hydrogens is 244 g/mol. The Morgan fingerprint density at radius 2 is 2.06 bits per heavy atom. The van der Waals surface area contributed by atoms with Gasteiger partial charge in [-0.3, -0.25) is 4.68 Å². The summed E-state index contributed by atoms with van der Waals surface area (Å²) in [6.45, 7) is 2.15. The van der Waals surface area contributed by atoms with Crippen LogP contribution >= 0.6 is 11.6 Å². The van der Waals surface area contributed by atoms with Gasteiger partial charge in [0.05, 0.1) is 0 Å². The van der Waals surface area contributed by atoms with Crippen LogP contribution in [-0.2, 0) is 13.5 Å². The Hall–Kier alpha value is -1.28. The summed E-state index contributed by atoms with van der Waals surface area (Å²) in [6.07, 6.45) is 3.93. The Kier molecular flexibility index (Phi) is 4.43. The Bertz CT molecular complexity index is 505. The third-order valence-electron chi connectivity index (χ3n) is 3.49. The molecule has 1 aromatic heterocycles. The molecule has 2 nitrogen and oxygen atoms in total. The largest absolute Gasteiger partial charge is 0.273 e. The van der Waals surface area contributed by atoms with E-state index in [1.807, 2.05) is 17.9 Å². The second-order valence-corrected chi connectivity index (χ2v) is 5.00. The van der Waals surface area contributed by atoms with E-state index >= 15 is 0 Å². The van der Waals surface area contributed by atoms with Gasteiger partial charge in [-0.05, 0) is 42.9 Å². The molecule has 2 aromatic rings. The highest BCUT2D eigenvalue weighted by molar-refractivity contribution is 6.18. The van der Waals surface area contributed by atoms with Gasteiger partial charge in [-0.1, -0.05) is 24.3 Å². The first kappa shape index (κ1) is 13.2.